The van der Waals surface area contributed by atoms with Crippen LogP contribution < -0.4 is 19.5 Å². The lowest BCUT2D eigenvalue weighted by molar-refractivity contribution is -0.904. The molecule has 56 heavy (non-hydrogen) atoms. The van der Waals surface area contributed by atoms with E-state index >= 15 is 0 Å². The molecule has 0 radical (unpaired) electrons. The van der Waals surface area contributed by atoms with E-state index in [4.69, 9.17) is 37.4 Å². The summed E-state index contributed by atoms with van der Waals surface area (Å²) in [6.45, 7) is 1.10. The van der Waals surface area contributed by atoms with Gasteiger partial charge >= 0.3 is 11.9 Å². The average Bonchev–Trinajstić information content (AvgIpc) is 3.71. The van der Waals surface area contributed by atoms with E-state index in [2.05, 4.69) is 34.5 Å². The number of pyridine rings is 1. The molecule has 2 aliphatic heterocycles. The number of halogens is 2. The number of rotatable bonds is 15. The van der Waals surface area contributed by atoms with Gasteiger partial charge in [-0.3, -0.25) is 15.4 Å². The minimum atomic E-state index is -1.09. The summed E-state index contributed by atoms with van der Waals surface area (Å²) in [4.78, 5) is 30.4. The van der Waals surface area contributed by atoms with E-state index in [1.54, 1.807) is 13.2 Å². The number of ether oxygens (including phenoxy) is 3. The van der Waals surface area contributed by atoms with Crippen LogP contribution in [0.1, 0.15) is 80.0 Å². The maximum atomic E-state index is 14.1. The highest BCUT2D eigenvalue weighted by Gasteiger charge is 2.42. The fourth-order valence-electron chi connectivity index (χ4n) is 8.18. The van der Waals surface area contributed by atoms with Crippen LogP contribution in [0, 0.1) is 0 Å². The summed E-state index contributed by atoms with van der Waals surface area (Å²) < 4.78 is 18.1. The Labute approximate surface area is 340 Å². The number of nitrogens with zero attached hydrogens (tertiary/aromatic N) is 2. The molecule has 2 saturated heterocycles. The molecule has 3 N–H and O–H groups in total. The zero-order valence-electron chi connectivity index (χ0n) is 31.1. The highest BCUT2D eigenvalue weighted by molar-refractivity contribution is 7.14. The Kier molecular flexibility index (Phi) is 12.5. The summed E-state index contributed by atoms with van der Waals surface area (Å²) >= 11 is 14.3. The minimum Gasteiger partial charge on any atom is -0.493 e. The maximum absolute atomic E-state index is 14.1. The van der Waals surface area contributed by atoms with Gasteiger partial charge < -0.3 is 19.3 Å². The van der Waals surface area contributed by atoms with Crippen molar-refractivity contribution in [1.29, 1.82) is 0 Å². The van der Waals surface area contributed by atoms with Crippen molar-refractivity contribution in [3.8, 4) is 11.5 Å². The third-order valence-corrected chi connectivity index (χ3v) is 12.6. The first-order valence-corrected chi connectivity index (χ1v) is 20.1. The highest BCUT2D eigenvalue weighted by Crippen LogP contribution is 2.42. The van der Waals surface area contributed by atoms with Gasteiger partial charge in [-0.05, 0) is 59.7 Å². The van der Waals surface area contributed by atoms with Crippen LogP contribution in [0.4, 0.5) is 0 Å². The Morgan fingerprint density at radius 1 is 0.893 bits per heavy atom. The molecule has 4 heterocycles. The van der Waals surface area contributed by atoms with E-state index in [1.165, 1.54) is 25.1 Å². The van der Waals surface area contributed by atoms with E-state index in [0.717, 1.165) is 59.4 Å². The molecule has 13 heteroatoms. The zero-order chi connectivity index (χ0) is 39.3. The Hall–Kier alpha value is -4.65. The second kappa shape index (κ2) is 17.7. The normalized spacial score (nSPS) is 19.0. The Morgan fingerprint density at radius 3 is 2.16 bits per heavy atom. The lowest BCUT2D eigenvalue weighted by Crippen LogP contribution is -2.46. The lowest BCUT2D eigenvalue weighted by Gasteiger charge is -2.39. The third-order valence-electron chi connectivity index (χ3n) is 10.8. The largest absolute Gasteiger partial charge is 0.493 e. The van der Waals surface area contributed by atoms with Crippen molar-refractivity contribution in [2.75, 3.05) is 14.2 Å². The number of hydrogen-bond donors (Lipinski definition) is 3. The molecule has 2 aliphatic rings. The van der Waals surface area contributed by atoms with Gasteiger partial charge in [0.25, 0.3) is 0 Å². The number of carbonyl (C=O) groups excluding carboxylic acids is 1. The third kappa shape index (κ3) is 8.82. The van der Waals surface area contributed by atoms with E-state index < -0.39 is 17.9 Å². The highest BCUT2D eigenvalue weighted by atomic mass is 35.5. The Bertz CT molecular complexity index is 2130. The van der Waals surface area contributed by atoms with Crippen molar-refractivity contribution < 1.29 is 38.8 Å². The fourth-order valence-corrected chi connectivity index (χ4v) is 9.79. The number of benzene rings is 3. The van der Waals surface area contributed by atoms with Crippen molar-refractivity contribution >= 4 is 46.5 Å². The summed E-state index contributed by atoms with van der Waals surface area (Å²) in [5.41, 5.74) is 3.86. The van der Waals surface area contributed by atoms with Crippen LogP contribution in [-0.4, -0.2) is 59.6 Å². The molecule has 0 spiro atoms. The number of fused-ring (bicyclic) bond motifs is 2. The lowest BCUT2D eigenvalue weighted by atomic mass is 9.85. The predicted octanol–water partition coefficient (Wildman–Crippen LogP) is 8.24. The monoisotopic (exact) mass is 816 g/mol. The van der Waals surface area contributed by atoms with Crippen LogP contribution in [0.25, 0.3) is 0 Å². The maximum Gasteiger partial charge on any atom is 0.346 e. The number of aromatic nitrogens is 1. The minimum absolute atomic E-state index is 0.138. The fraction of sp³-hybridized carbons (Fsp3) is 0.326. The average molecular weight is 818 g/mol. The molecule has 4 atom stereocenters. The van der Waals surface area contributed by atoms with Gasteiger partial charge in [-0.2, -0.15) is 0 Å². The smallest absolute Gasteiger partial charge is 0.346 e. The number of aromatic carboxylic acids is 1. The first-order chi connectivity index (χ1) is 27.1. The van der Waals surface area contributed by atoms with Crippen molar-refractivity contribution in [2.24, 2.45) is 0 Å². The van der Waals surface area contributed by atoms with Crippen LogP contribution in [-0.2, 0) is 29.0 Å². The molecule has 0 amide bonds. The zero-order valence-corrected chi connectivity index (χ0v) is 33.4. The van der Waals surface area contributed by atoms with E-state index in [1.807, 2.05) is 54.6 Å². The standard InChI is InChI=1S/C43H43Cl2N3O7S/c1-53-38-16-13-28(17-39(38)54-2)33(21-35-36(44)24-47(52)25-37(35)45)34-20-32(56-41(34)42(49)50)22-46-40(27-11-7-4-8-12-27)43(51)55-31-18-29-14-15-30(19-31)48(29)23-26-9-5-3-6-10-26/h3-13,16-17,20,24-25,29-31,33,40,46H,14-15,18-19,21-23H2,1-2H3,(H-,49,50,52)/p+1/t29-,30-,33+,40?/m1/s1. The van der Waals surface area contributed by atoms with Crippen LogP contribution >= 0.6 is 34.5 Å². The molecule has 1 unspecified atom stereocenters. The number of esters is 1. The molecule has 5 aromatic rings. The van der Waals surface area contributed by atoms with Gasteiger partial charge in [0, 0.05) is 59.1 Å². The number of methoxy groups -OCH3 is 2. The number of carboxylic acid groups (broad SMARTS) is 1. The van der Waals surface area contributed by atoms with Crippen LogP contribution in [0.2, 0.25) is 10.0 Å². The first-order valence-electron chi connectivity index (χ1n) is 18.6. The number of nitrogens with one attached hydrogen (secondary N) is 1. The molecule has 292 valence electrons. The molecular weight excluding hydrogens is 773 g/mol. The van der Waals surface area contributed by atoms with Gasteiger partial charge in [-0.15, -0.1) is 11.3 Å². The van der Waals surface area contributed by atoms with Crippen molar-refractivity contribution in [3.05, 3.63) is 145 Å². The molecule has 7 rings (SSSR count). The number of thiophene rings is 1. The van der Waals surface area contributed by atoms with Crippen molar-refractivity contribution in [1.82, 2.24) is 10.2 Å². The second-order valence-corrected chi connectivity index (χ2v) is 16.2. The van der Waals surface area contributed by atoms with Crippen molar-refractivity contribution in [3.63, 3.8) is 0 Å². The van der Waals surface area contributed by atoms with Crippen molar-refractivity contribution in [2.45, 2.75) is 75.3 Å². The summed E-state index contributed by atoms with van der Waals surface area (Å²) in [6, 6.07) is 27.2. The Balaban J connectivity index is 1.14. The molecule has 3 aromatic carbocycles. The molecular formula is C43H44Cl2N3O7S+. The first kappa shape index (κ1) is 39.6. The summed E-state index contributed by atoms with van der Waals surface area (Å²) in [5.74, 6) is -1.00. The van der Waals surface area contributed by atoms with E-state index in [-0.39, 0.29) is 40.0 Å². The van der Waals surface area contributed by atoms with Gasteiger partial charge in [-0.25, -0.2) is 9.59 Å². The van der Waals surface area contributed by atoms with E-state index in [9.17, 15) is 19.9 Å². The summed E-state index contributed by atoms with van der Waals surface area (Å²) in [6.07, 6.45) is 6.44. The second-order valence-electron chi connectivity index (χ2n) is 14.3. The van der Waals surface area contributed by atoms with Crippen LogP contribution in [0.5, 0.6) is 11.5 Å². The number of piperidine rings is 1. The predicted molar refractivity (Wildman–Crippen MR) is 214 cm³/mol. The van der Waals surface area contributed by atoms with Gasteiger partial charge in [0.1, 0.15) is 27.1 Å². The number of hydrogen-bond acceptors (Lipinski definition) is 9. The van der Waals surface area contributed by atoms with Gasteiger partial charge in [-0.1, -0.05) is 89.9 Å². The molecule has 2 aromatic heterocycles. The number of carboxylic acids is 1. The molecule has 10 nitrogen and oxygen atoms in total. The van der Waals surface area contributed by atoms with Crippen LogP contribution in [0.15, 0.2) is 97.3 Å². The summed E-state index contributed by atoms with van der Waals surface area (Å²) in [7, 11) is 3.08. The van der Waals surface area contributed by atoms with Gasteiger partial charge in [0.2, 0.25) is 12.4 Å². The SMILES string of the molecule is COc1ccc([C@H](Cc2c(Cl)c[n+](O)cc2Cl)c2cc(CNC(C(=O)OC3C[C@H]4CC[C@H](C3)N4Cc3ccccc3)c3ccccc3)sc2C(=O)O)cc1OC. The number of carbonyl (C=O) groups is 2. The van der Waals surface area contributed by atoms with Crippen LogP contribution in [0.3, 0.4) is 0 Å². The van der Waals surface area contributed by atoms with E-state index in [0.29, 0.717) is 39.6 Å². The summed E-state index contributed by atoms with van der Waals surface area (Å²) in [5, 5.41) is 24.4. The Morgan fingerprint density at radius 2 is 1.54 bits per heavy atom. The van der Waals surface area contributed by atoms with Gasteiger partial charge in [0.05, 0.1) is 14.2 Å². The molecule has 0 saturated carbocycles. The molecule has 2 bridgehead atoms. The molecule has 0 aliphatic carbocycles. The topological polar surface area (TPSA) is 121 Å². The molecule has 2 fully saturated rings. The quantitative estimate of drug-likeness (QED) is 0.0545. The van der Waals surface area contributed by atoms with Gasteiger partial charge in [0.15, 0.2) is 11.5 Å².